The molecule has 4 saturated carbocycles. The van der Waals surface area contributed by atoms with Crippen LogP contribution in [0.15, 0.2) is 0 Å². The topological polar surface area (TPSA) is 49.8 Å². The molecule has 5 rings (SSSR count). The van der Waals surface area contributed by atoms with Crippen LogP contribution in [0.2, 0.25) is 0 Å². The quantitative estimate of drug-likeness (QED) is 0.735. The molecule has 1 heterocycles. The van der Waals surface area contributed by atoms with E-state index in [1.807, 2.05) is 6.92 Å². The van der Waals surface area contributed by atoms with Crippen LogP contribution in [-0.2, 0) is 9.53 Å². The Kier molecular flexibility index (Phi) is 2.66. The van der Waals surface area contributed by atoms with Crippen molar-refractivity contribution in [3.63, 3.8) is 0 Å². The lowest BCUT2D eigenvalue weighted by atomic mass is 9.41. The minimum atomic E-state index is -0.550. The third-order valence-electron chi connectivity index (χ3n) is 9.30. The van der Waals surface area contributed by atoms with Crippen molar-refractivity contribution in [3.05, 3.63) is 0 Å². The van der Waals surface area contributed by atoms with Gasteiger partial charge in [-0.25, -0.2) is 0 Å². The first-order chi connectivity index (χ1) is 10.8. The Balaban J connectivity index is 1.55. The van der Waals surface area contributed by atoms with Crippen LogP contribution in [0.3, 0.4) is 0 Å². The largest absolute Gasteiger partial charge is 0.481 e. The number of hydrogen-bond acceptors (Lipinski definition) is 2. The molecule has 5 fully saturated rings. The molecule has 5 aliphatic rings. The molecule has 3 nitrogen and oxygen atoms in total. The van der Waals surface area contributed by atoms with Crippen LogP contribution in [0, 0.1) is 34.0 Å². The Hall–Kier alpha value is -0.570. The average molecular weight is 318 g/mol. The van der Waals surface area contributed by atoms with Gasteiger partial charge in [-0.2, -0.15) is 0 Å². The fraction of sp³-hybridized carbons (Fsp3) is 0.950. The van der Waals surface area contributed by atoms with Crippen molar-refractivity contribution in [2.75, 3.05) is 6.61 Å². The van der Waals surface area contributed by atoms with Crippen molar-refractivity contribution in [1.29, 1.82) is 0 Å². The van der Waals surface area contributed by atoms with Gasteiger partial charge in [0, 0.05) is 0 Å². The molecule has 0 unspecified atom stereocenters. The highest BCUT2D eigenvalue weighted by molar-refractivity contribution is 5.75. The Morgan fingerprint density at radius 1 is 1.09 bits per heavy atom. The predicted octanol–water partition coefficient (Wildman–Crippen LogP) is 4.25. The van der Waals surface area contributed by atoms with Crippen LogP contribution in [0.1, 0.15) is 71.6 Å². The minimum absolute atomic E-state index is 0.231. The van der Waals surface area contributed by atoms with Gasteiger partial charge in [0.05, 0.1) is 17.6 Å². The molecule has 0 radical (unpaired) electrons. The summed E-state index contributed by atoms with van der Waals surface area (Å²) in [6, 6.07) is 0. The summed E-state index contributed by atoms with van der Waals surface area (Å²) in [5, 5.41) is 9.95. The summed E-state index contributed by atoms with van der Waals surface area (Å²) >= 11 is 0. The third-order valence-corrected chi connectivity index (χ3v) is 9.30. The highest BCUT2D eigenvalue weighted by Gasteiger charge is 2.71. The first kappa shape index (κ1) is 14.7. The normalized spacial score (nSPS) is 60.2. The molecule has 0 amide bonds. The molecule has 1 saturated heterocycles. The standard InChI is InChI=1S/C20H30O3/c1-17-7-3-8-18(2,16(21)22)14(17)6-9-19-10-13(4-5-15(17)19)20(11-19)12-23-20/h13-15H,3-12H2,1-2H3,(H,21,22)/t13-,14-,15+,17-,18-,19+,20+/m1/s1. The van der Waals surface area contributed by atoms with Gasteiger partial charge in [0.1, 0.15) is 0 Å². The fourth-order valence-electron chi connectivity index (χ4n) is 8.28. The third kappa shape index (κ3) is 1.63. The molecule has 1 N–H and O–H groups in total. The predicted molar refractivity (Wildman–Crippen MR) is 87.0 cm³/mol. The van der Waals surface area contributed by atoms with Gasteiger partial charge in [-0.1, -0.05) is 13.3 Å². The summed E-state index contributed by atoms with van der Waals surface area (Å²) in [4.78, 5) is 12.1. The Labute approximate surface area is 139 Å². The van der Waals surface area contributed by atoms with Crippen LogP contribution in [-0.4, -0.2) is 23.3 Å². The number of hydrogen-bond donors (Lipinski definition) is 1. The van der Waals surface area contributed by atoms with Crippen LogP contribution < -0.4 is 0 Å². The van der Waals surface area contributed by atoms with E-state index >= 15 is 0 Å². The van der Waals surface area contributed by atoms with Crippen LogP contribution in [0.25, 0.3) is 0 Å². The maximum Gasteiger partial charge on any atom is 0.309 e. The van der Waals surface area contributed by atoms with Crippen molar-refractivity contribution < 1.29 is 14.6 Å². The number of aliphatic carboxylic acids is 1. The van der Waals surface area contributed by atoms with Crippen LogP contribution in [0.4, 0.5) is 0 Å². The summed E-state index contributed by atoms with van der Waals surface area (Å²) in [7, 11) is 0. The highest BCUT2D eigenvalue weighted by Crippen LogP contribution is 2.74. The SMILES string of the molecule is C[C@@]12CCC[C@@](C)(C(=O)O)[C@@H]1CC[C@@]13C[C@@H](CC[C@H]12)[C@@]1(CO1)C3. The summed E-state index contributed by atoms with van der Waals surface area (Å²) in [5.74, 6) is 1.34. The molecule has 3 heteroatoms. The van der Waals surface area contributed by atoms with Crippen molar-refractivity contribution in [3.8, 4) is 0 Å². The monoisotopic (exact) mass is 318 g/mol. The van der Waals surface area contributed by atoms with E-state index in [4.69, 9.17) is 4.74 Å². The van der Waals surface area contributed by atoms with E-state index in [1.165, 1.54) is 38.5 Å². The highest BCUT2D eigenvalue weighted by atomic mass is 16.6. The van der Waals surface area contributed by atoms with Gasteiger partial charge < -0.3 is 9.84 Å². The second kappa shape index (κ2) is 4.15. The van der Waals surface area contributed by atoms with Crippen LogP contribution in [0.5, 0.6) is 0 Å². The van der Waals surface area contributed by atoms with Crippen molar-refractivity contribution >= 4 is 5.97 Å². The Bertz CT molecular complexity index is 567. The van der Waals surface area contributed by atoms with E-state index in [0.29, 0.717) is 11.3 Å². The lowest BCUT2D eigenvalue weighted by Gasteiger charge is -2.63. The maximum absolute atomic E-state index is 12.1. The number of carboxylic acid groups (broad SMARTS) is 1. The van der Waals surface area contributed by atoms with E-state index in [0.717, 1.165) is 37.7 Å². The van der Waals surface area contributed by atoms with Gasteiger partial charge in [0.15, 0.2) is 0 Å². The molecular formula is C20H30O3. The fourth-order valence-corrected chi connectivity index (χ4v) is 8.28. The number of ether oxygens (including phenoxy) is 1. The van der Waals surface area contributed by atoms with Crippen LogP contribution >= 0.6 is 0 Å². The zero-order valence-electron chi connectivity index (χ0n) is 14.6. The number of carboxylic acids is 1. The molecule has 0 aromatic carbocycles. The summed E-state index contributed by atoms with van der Waals surface area (Å²) in [6.07, 6.45) is 10.9. The lowest BCUT2D eigenvalue weighted by Crippen LogP contribution is -2.58. The number of carbonyl (C=O) groups is 1. The van der Waals surface area contributed by atoms with E-state index < -0.39 is 11.4 Å². The van der Waals surface area contributed by atoms with Gasteiger partial charge in [0.25, 0.3) is 0 Å². The van der Waals surface area contributed by atoms with Crippen molar-refractivity contribution in [2.24, 2.45) is 34.0 Å². The molecule has 4 aliphatic carbocycles. The molecule has 2 spiro atoms. The van der Waals surface area contributed by atoms with Gasteiger partial charge in [-0.15, -0.1) is 0 Å². The van der Waals surface area contributed by atoms with E-state index in [2.05, 4.69) is 6.92 Å². The Morgan fingerprint density at radius 3 is 2.57 bits per heavy atom. The zero-order valence-corrected chi connectivity index (χ0v) is 14.6. The molecule has 2 bridgehead atoms. The van der Waals surface area contributed by atoms with E-state index in [9.17, 15) is 9.90 Å². The molecule has 1 aliphatic heterocycles. The average Bonchev–Trinajstić information content (AvgIpc) is 3.22. The lowest BCUT2D eigenvalue weighted by molar-refractivity contribution is -0.181. The molecule has 0 aromatic rings. The minimum Gasteiger partial charge on any atom is -0.481 e. The molecule has 7 atom stereocenters. The van der Waals surface area contributed by atoms with Gasteiger partial charge in [0.2, 0.25) is 0 Å². The van der Waals surface area contributed by atoms with E-state index in [1.54, 1.807) is 0 Å². The number of epoxide rings is 1. The second-order valence-corrected chi connectivity index (χ2v) is 10.1. The number of rotatable bonds is 1. The number of fused-ring (bicyclic) bond motifs is 4. The molecular weight excluding hydrogens is 288 g/mol. The summed E-state index contributed by atoms with van der Waals surface area (Å²) in [5.41, 5.74) is 0.455. The van der Waals surface area contributed by atoms with Crippen molar-refractivity contribution in [2.45, 2.75) is 77.2 Å². The van der Waals surface area contributed by atoms with E-state index in [-0.39, 0.29) is 11.0 Å². The van der Waals surface area contributed by atoms with Crippen molar-refractivity contribution in [1.82, 2.24) is 0 Å². The summed E-state index contributed by atoms with van der Waals surface area (Å²) < 4.78 is 5.97. The molecule has 23 heavy (non-hydrogen) atoms. The van der Waals surface area contributed by atoms with Gasteiger partial charge in [-0.3, -0.25) is 4.79 Å². The first-order valence-corrected chi connectivity index (χ1v) is 9.72. The maximum atomic E-state index is 12.1. The first-order valence-electron chi connectivity index (χ1n) is 9.72. The van der Waals surface area contributed by atoms with Gasteiger partial charge in [-0.05, 0) is 86.9 Å². The molecule has 0 aromatic heterocycles. The Morgan fingerprint density at radius 2 is 1.87 bits per heavy atom. The zero-order chi connectivity index (χ0) is 16.1. The van der Waals surface area contributed by atoms with Gasteiger partial charge >= 0.3 is 5.97 Å². The molecule has 128 valence electrons. The second-order valence-electron chi connectivity index (χ2n) is 10.1. The summed E-state index contributed by atoms with van der Waals surface area (Å²) in [6.45, 7) is 5.50. The smallest absolute Gasteiger partial charge is 0.309 e.